The predicted molar refractivity (Wildman–Crippen MR) is 75.3 cm³/mol. The molecular weight excluding hydrogens is 284 g/mol. The first-order chi connectivity index (χ1) is 7.12. The molecule has 1 rings (SSSR count). The van der Waals surface area contributed by atoms with Crippen molar-refractivity contribution < 1.29 is 5.11 Å². The summed E-state index contributed by atoms with van der Waals surface area (Å²) in [5.41, 5.74) is 0.387. The number of thiol groups is 1. The molecule has 0 heterocycles. The standard InChI is InChI=1S/C13H19BrOS/c1-12(2,8-13(3,4)15)10-7-9(14)5-6-11(10)16/h5-7,15-16H,8H2,1-4H3. The molecule has 16 heavy (non-hydrogen) atoms. The maximum atomic E-state index is 9.94. The van der Waals surface area contributed by atoms with Gasteiger partial charge in [-0.15, -0.1) is 12.6 Å². The number of hydrogen-bond donors (Lipinski definition) is 2. The van der Waals surface area contributed by atoms with Crippen LogP contribution in [0.3, 0.4) is 0 Å². The quantitative estimate of drug-likeness (QED) is 0.803. The third kappa shape index (κ3) is 3.79. The smallest absolute Gasteiger partial charge is 0.0600 e. The summed E-state index contributed by atoms with van der Waals surface area (Å²) >= 11 is 7.96. The van der Waals surface area contributed by atoms with E-state index in [0.29, 0.717) is 6.42 Å². The van der Waals surface area contributed by atoms with Crippen LogP contribution in [0.1, 0.15) is 39.7 Å². The van der Waals surface area contributed by atoms with E-state index in [2.05, 4.69) is 48.5 Å². The van der Waals surface area contributed by atoms with E-state index in [1.807, 2.05) is 26.0 Å². The van der Waals surface area contributed by atoms with Gasteiger partial charge in [0.15, 0.2) is 0 Å². The minimum absolute atomic E-state index is 0.0981. The highest BCUT2D eigenvalue weighted by molar-refractivity contribution is 9.10. The van der Waals surface area contributed by atoms with E-state index in [4.69, 9.17) is 0 Å². The van der Waals surface area contributed by atoms with Gasteiger partial charge in [-0.05, 0) is 49.4 Å². The Hall–Kier alpha value is 0.01000. The molecule has 0 radical (unpaired) electrons. The summed E-state index contributed by atoms with van der Waals surface area (Å²) in [4.78, 5) is 0.970. The average Bonchev–Trinajstić information content (AvgIpc) is 2.04. The normalized spacial score (nSPS) is 12.9. The van der Waals surface area contributed by atoms with Gasteiger partial charge in [-0.3, -0.25) is 0 Å². The Morgan fingerprint density at radius 1 is 1.25 bits per heavy atom. The topological polar surface area (TPSA) is 20.2 Å². The summed E-state index contributed by atoms with van der Waals surface area (Å²) in [6.45, 7) is 7.94. The Kier molecular flexibility index (Phi) is 4.14. The molecule has 0 amide bonds. The van der Waals surface area contributed by atoms with Gasteiger partial charge >= 0.3 is 0 Å². The maximum Gasteiger partial charge on any atom is 0.0600 e. The number of hydrogen-bond acceptors (Lipinski definition) is 2. The first-order valence-corrected chi connectivity index (χ1v) is 6.57. The molecule has 1 N–H and O–H groups in total. The zero-order chi connectivity index (χ0) is 12.6. The second-order valence-corrected chi connectivity index (χ2v) is 6.93. The Morgan fingerprint density at radius 3 is 2.31 bits per heavy atom. The van der Waals surface area contributed by atoms with Crippen LogP contribution in [0, 0.1) is 0 Å². The van der Waals surface area contributed by atoms with E-state index in [1.165, 1.54) is 0 Å². The fourth-order valence-corrected chi connectivity index (χ4v) is 3.03. The summed E-state index contributed by atoms with van der Waals surface area (Å²) in [7, 11) is 0. The summed E-state index contributed by atoms with van der Waals surface area (Å²) in [5, 5.41) is 9.94. The molecule has 0 atom stereocenters. The van der Waals surface area contributed by atoms with Crippen molar-refractivity contribution in [3.63, 3.8) is 0 Å². The van der Waals surface area contributed by atoms with Crippen molar-refractivity contribution in [2.24, 2.45) is 0 Å². The van der Waals surface area contributed by atoms with Crippen LogP contribution in [-0.4, -0.2) is 10.7 Å². The molecule has 1 nitrogen and oxygen atoms in total. The average molecular weight is 303 g/mol. The molecule has 0 saturated heterocycles. The van der Waals surface area contributed by atoms with Gasteiger partial charge < -0.3 is 5.11 Å². The van der Waals surface area contributed by atoms with Crippen molar-refractivity contribution in [2.75, 3.05) is 0 Å². The highest BCUT2D eigenvalue weighted by atomic mass is 79.9. The van der Waals surface area contributed by atoms with Crippen LogP contribution in [0.25, 0.3) is 0 Å². The van der Waals surface area contributed by atoms with Crippen LogP contribution in [0.2, 0.25) is 0 Å². The summed E-state index contributed by atoms with van der Waals surface area (Å²) in [6, 6.07) is 6.04. The van der Waals surface area contributed by atoms with Crippen molar-refractivity contribution in [1.29, 1.82) is 0 Å². The molecule has 0 aliphatic carbocycles. The van der Waals surface area contributed by atoms with Crippen molar-refractivity contribution >= 4 is 28.6 Å². The molecule has 0 aromatic heterocycles. The second kappa shape index (κ2) is 4.71. The van der Waals surface area contributed by atoms with E-state index < -0.39 is 5.60 Å². The van der Waals surface area contributed by atoms with E-state index in [0.717, 1.165) is 14.9 Å². The van der Waals surface area contributed by atoms with Gasteiger partial charge in [0.25, 0.3) is 0 Å². The fraction of sp³-hybridized carbons (Fsp3) is 0.538. The van der Waals surface area contributed by atoms with E-state index in [9.17, 15) is 5.11 Å². The van der Waals surface area contributed by atoms with Gasteiger partial charge in [0, 0.05) is 9.37 Å². The van der Waals surface area contributed by atoms with Gasteiger partial charge in [-0.1, -0.05) is 29.8 Å². The Labute approximate surface area is 112 Å². The molecule has 1 aromatic rings. The molecule has 0 unspecified atom stereocenters. The first kappa shape index (κ1) is 14.1. The van der Waals surface area contributed by atoms with Gasteiger partial charge in [-0.25, -0.2) is 0 Å². The van der Waals surface area contributed by atoms with Crippen LogP contribution >= 0.6 is 28.6 Å². The molecule has 0 aliphatic heterocycles. The van der Waals surface area contributed by atoms with Crippen LogP contribution < -0.4 is 0 Å². The molecule has 3 heteroatoms. The predicted octanol–water partition coefficient (Wildman–Crippen LogP) is 4.18. The number of halogens is 1. The molecule has 0 saturated carbocycles. The molecule has 0 bridgehead atoms. The van der Waals surface area contributed by atoms with Crippen molar-refractivity contribution in [3.05, 3.63) is 28.2 Å². The minimum Gasteiger partial charge on any atom is -0.390 e. The highest BCUT2D eigenvalue weighted by Crippen LogP contribution is 2.36. The lowest BCUT2D eigenvalue weighted by atomic mass is 9.76. The highest BCUT2D eigenvalue weighted by Gasteiger charge is 2.29. The molecule has 0 aliphatic rings. The summed E-state index contributed by atoms with van der Waals surface area (Å²) < 4.78 is 1.05. The lowest BCUT2D eigenvalue weighted by Crippen LogP contribution is -2.31. The van der Waals surface area contributed by atoms with E-state index in [1.54, 1.807) is 0 Å². The monoisotopic (exact) mass is 302 g/mol. The third-order valence-corrected chi connectivity index (χ3v) is 3.45. The zero-order valence-corrected chi connectivity index (χ0v) is 12.7. The minimum atomic E-state index is -0.675. The Morgan fingerprint density at radius 2 is 1.81 bits per heavy atom. The third-order valence-electron chi connectivity index (χ3n) is 2.56. The van der Waals surface area contributed by atoms with E-state index >= 15 is 0 Å². The summed E-state index contributed by atoms with van der Waals surface area (Å²) in [5.74, 6) is 0. The Bertz CT molecular complexity index is 380. The maximum absolute atomic E-state index is 9.94. The summed E-state index contributed by atoms with van der Waals surface area (Å²) in [6.07, 6.45) is 0.698. The molecular formula is C13H19BrOS. The Balaban J connectivity index is 3.11. The van der Waals surface area contributed by atoms with Gasteiger partial charge in [0.05, 0.1) is 5.60 Å². The number of benzene rings is 1. The molecule has 0 fully saturated rings. The van der Waals surface area contributed by atoms with Crippen LogP contribution in [0.15, 0.2) is 27.6 Å². The van der Waals surface area contributed by atoms with Crippen LogP contribution in [0.5, 0.6) is 0 Å². The largest absolute Gasteiger partial charge is 0.390 e. The number of aliphatic hydroxyl groups is 1. The second-order valence-electron chi connectivity index (χ2n) is 5.53. The first-order valence-electron chi connectivity index (χ1n) is 5.33. The van der Waals surface area contributed by atoms with E-state index in [-0.39, 0.29) is 5.41 Å². The lowest BCUT2D eigenvalue weighted by molar-refractivity contribution is 0.0496. The molecule has 90 valence electrons. The number of rotatable bonds is 3. The van der Waals surface area contributed by atoms with Crippen molar-refractivity contribution in [2.45, 2.75) is 50.0 Å². The lowest BCUT2D eigenvalue weighted by Gasteiger charge is -2.33. The molecule has 0 spiro atoms. The van der Waals surface area contributed by atoms with Crippen molar-refractivity contribution in [1.82, 2.24) is 0 Å². The van der Waals surface area contributed by atoms with Gasteiger partial charge in [0.1, 0.15) is 0 Å². The van der Waals surface area contributed by atoms with Crippen LogP contribution in [0.4, 0.5) is 0 Å². The van der Waals surface area contributed by atoms with Crippen molar-refractivity contribution in [3.8, 4) is 0 Å². The SMILES string of the molecule is CC(C)(O)CC(C)(C)c1cc(Br)ccc1S. The van der Waals surface area contributed by atoms with Crippen LogP contribution in [-0.2, 0) is 5.41 Å². The van der Waals surface area contributed by atoms with Gasteiger partial charge in [0.2, 0.25) is 0 Å². The zero-order valence-electron chi connectivity index (χ0n) is 10.2. The fourth-order valence-electron chi connectivity index (χ4n) is 2.23. The van der Waals surface area contributed by atoms with Gasteiger partial charge in [-0.2, -0.15) is 0 Å². The molecule has 1 aromatic carbocycles.